The highest BCUT2D eigenvalue weighted by molar-refractivity contribution is 5.84. The molecule has 6 aromatic rings. The van der Waals surface area contributed by atoms with E-state index < -0.39 is 0 Å². The first kappa shape index (κ1) is 40.5. The Hall–Kier alpha value is -6.28. The van der Waals surface area contributed by atoms with Crippen LogP contribution in [0, 0.1) is 12.3 Å². The predicted molar refractivity (Wildman–Crippen MR) is 241 cm³/mol. The summed E-state index contributed by atoms with van der Waals surface area (Å²) >= 11 is 0. The number of hydrazine groups is 1. The lowest BCUT2D eigenvalue weighted by Gasteiger charge is -2.50. The van der Waals surface area contributed by atoms with Gasteiger partial charge in [-0.2, -0.15) is 0 Å². The first-order chi connectivity index (χ1) is 29.5. The number of para-hydroxylation sites is 2. The molecule has 2 aliphatic rings. The molecule has 308 valence electrons. The van der Waals surface area contributed by atoms with E-state index in [2.05, 4.69) is 130 Å². The molecule has 2 saturated heterocycles. The molecule has 0 radical (unpaired) electrons. The Kier molecular flexibility index (Phi) is 13.0. The number of rotatable bonds is 16. The van der Waals surface area contributed by atoms with Gasteiger partial charge >= 0.3 is 0 Å². The minimum Gasteiger partial charge on any atom is -0.493 e. The van der Waals surface area contributed by atoms with Gasteiger partial charge in [0.25, 0.3) is 0 Å². The lowest BCUT2D eigenvalue weighted by molar-refractivity contribution is 0.183. The normalized spacial score (nSPS) is 15.3. The van der Waals surface area contributed by atoms with Gasteiger partial charge in [-0.1, -0.05) is 67.1 Å². The number of anilines is 2. The molecule has 0 N–H and O–H groups in total. The Labute approximate surface area is 353 Å². The number of nitrogens with zero attached hydrogens (tertiary/aromatic N) is 6. The molecule has 0 amide bonds. The molecule has 2 fully saturated rings. The van der Waals surface area contributed by atoms with E-state index in [1.54, 1.807) is 20.3 Å². The topological polar surface area (TPSA) is 75.7 Å². The van der Waals surface area contributed by atoms with Crippen LogP contribution in [0.2, 0.25) is 0 Å². The van der Waals surface area contributed by atoms with Crippen molar-refractivity contribution in [2.24, 2.45) is 0 Å². The second-order valence-corrected chi connectivity index (χ2v) is 15.5. The van der Waals surface area contributed by atoms with E-state index in [4.69, 9.17) is 35.3 Å². The van der Waals surface area contributed by atoms with Crippen molar-refractivity contribution in [3.63, 3.8) is 0 Å². The molecular formula is C50H54N6O4. The van der Waals surface area contributed by atoms with Crippen LogP contribution in [-0.4, -0.2) is 85.5 Å². The Balaban J connectivity index is 1.08. The monoisotopic (exact) mass is 802 g/mol. The largest absolute Gasteiger partial charge is 0.493 e. The minimum atomic E-state index is 0.197. The molecule has 0 atom stereocenters. The number of likely N-dealkylation sites (tertiary alicyclic amines) is 2. The highest BCUT2D eigenvalue weighted by Gasteiger charge is 2.36. The molecule has 10 nitrogen and oxygen atoms in total. The van der Waals surface area contributed by atoms with Crippen LogP contribution in [0.4, 0.5) is 11.4 Å². The van der Waals surface area contributed by atoms with E-state index >= 15 is 0 Å². The number of terminal acetylenes is 1. The number of ether oxygens (including phenoxy) is 4. The Morgan fingerprint density at radius 1 is 0.650 bits per heavy atom. The van der Waals surface area contributed by atoms with Crippen molar-refractivity contribution in [2.45, 2.75) is 50.9 Å². The van der Waals surface area contributed by atoms with Crippen LogP contribution in [0.15, 0.2) is 122 Å². The number of hydrogen-bond acceptors (Lipinski definition) is 10. The van der Waals surface area contributed by atoms with E-state index in [1.165, 1.54) is 11.1 Å². The molecule has 4 heterocycles. The van der Waals surface area contributed by atoms with Crippen LogP contribution in [-0.2, 0) is 13.1 Å². The second-order valence-electron chi connectivity index (χ2n) is 15.5. The van der Waals surface area contributed by atoms with Gasteiger partial charge in [-0.05, 0) is 85.3 Å². The lowest BCUT2D eigenvalue weighted by Crippen LogP contribution is -2.59. The summed E-state index contributed by atoms with van der Waals surface area (Å²) in [5.74, 6) is 5.40. The van der Waals surface area contributed by atoms with Crippen LogP contribution in [0.3, 0.4) is 0 Å². The number of benzene rings is 4. The summed E-state index contributed by atoms with van der Waals surface area (Å²) in [5.41, 5.74) is 6.54. The van der Waals surface area contributed by atoms with Crippen molar-refractivity contribution >= 4 is 33.2 Å². The van der Waals surface area contributed by atoms with Gasteiger partial charge in [0, 0.05) is 50.0 Å². The Morgan fingerprint density at radius 3 is 1.57 bits per heavy atom. The molecule has 0 saturated carbocycles. The zero-order valence-electron chi connectivity index (χ0n) is 34.7. The van der Waals surface area contributed by atoms with Gasteiger partial charge in [-0.25, -0.2) is 0 Å². The van der Waals surface area contributed by atoms with Gasteiger partial charge in [0.2, 0.25) is 0 Å². The fraction of sp³-hybridized carbons (Fsp3) is 0.320. The van der Waals surface area contributed by atoms with Gasteiger partial charge < -0.3 is 18.9 Å². The third-order valence-electron chi connectivity index (χ3n) is 11.7. The summed E-state index contributed by atoms with van der Waals surface area (Å²) in [4.78, 5) is 15.1. The molecule has 0 aliphatic carbocycles. The molecule has 2 aromatic heterocycles. The highest BCUT2D eigenvalue weighted by atomic mass is 16.5. The first-order valence-electron chi connectivity index (χ1n) is 20.9. The van der Waals surface area contributed by atoms with Crippen molar-refractivity contribution in [1.29, 1.82) is 0 Å². The summed E-state index contributed by atoms with van der Waals surface area (Å²) in [5, 5.41) is 7.41. The minimum absolute atomic E-state index is 0.197. The quantitative estimate of drug-likeness (QED) is 0.0538. The molecular weight excluding hydrogens is 749 g/mol. The van der Waals surface area contributed by atoms with Gasteiger partial charge in [-0.15, -0.1) is 6.42 Å². The summed E-state index contributed by atoms with van der Waals surface area (Å²) in [7, 11) is 3.33. The van der Waals surface area contributed by atoms with Crippen molar-refractivity contribution in [2.75, 3.05) is 63.6 Å². The number of fused-ring (bicyclic) bond motifs is 2. The molecule has 4 aromatic carbocycles. The van der Waals surface area contributed by atoms with Gasteiger partial charge in [0.15, 0.2) is 23.0 Å². The number of pyridine rings is 2. The fourth-order valence-corrected chi connectivity index (χ4v) is 8.68. The zero-order chi connectivity index (χ0) is 41.3. The summed E-state index contributed by atoms with van der Waals surface area (Å²) < 4.78 is 22.9. The average Bonchev–Trinajstić information content (AvgIpc) is 3.30. The zero-order valence-corrected chi connectivity index (χ0v) is 34.7. The number of methoxy groups -OCH3 is 2. The maximum atomic E-state index is 5.95. The number of aromatic nitrogens is 2. The smallest absolute Gasteiger partial charge is 0.162 e. The lowest BCUT2D eigenvalue weighted by atomic mass is 9.99. The van der Waals surface area contributed by atoms with Crippen LogP contribution >= 0.6 is 0 Å². The maximum Gasteiger partial charge on any atom is 0.162 e. The third-order valence-corrected chi connectivity index (χ3v) is 11.7. The average molecular weight is 803 g/mol. The van der Waals surface area contributed by atoms with Gasteiger partial charge in [-0.3, -0.25) is 29.8 Å². The second kappa shape index (κ2) is 19.2. The molecule has 8 rings (SSSR count). The third kappa shape index (κ3) is 9.28. The van der Waals surface area contributed by atoms with Crippen molar-refractivity contribution in [3.8, 4) is 35.3 Å². The van der Waals surface area contributed by atoms with Crippen molar-refractivity contribution < 1.29 is 18.9 Å². The highest BCUT2D eigenvalue weighted by Crippen LogP contribution is 2.37. The molecule has 0 unspecified atom stereocenters. The number of hydrogen-bond donors (Lipinski definition) is 0. The first-order valence-corrected chi connectivity index (χ1v) is 20.9. The van der Waals surface area contributed by atoms with E-state index in [1.807, 2.05) is 12.1 Å². The molecule has 10 heteroatoms. The van der Waals surface area contributed by atoms with E-state index in [0.29, 0.717) is 18.1 Å². The van der Waals surface area contributed by atoms with E-state index in [9.17, 15) is 0 Å². The predicted octanol–water partition coefficient (Wildman–Crippen LogP) is 8.93. The molecule has 60 heavy (non-hydrogen) atoms. The van der Waals surface area contributed by atoms with Crippen LogP contribution in [0.5, 0.6) is 23.0 Å². The standard InChI is InChI=1S/C50H54N6O4/c1-5-27-59-49-29-37(15-17-47(49)57-3)35-53-23-19-41(20-24-53)55(43-31-39-11-7-9-13-45(39)51-33-43)56(44-32-40-12-8-10-14-46(40)52-34-44)42-21-25-54(26-22-42)36-38-16-18-48(58-4)50(30-38)60-28-6-2/h1,6-18,29-34,41-42H,2,19-28,35-36H2,3-4H3. The Morgan fingerprint density at radius 2 is 1.12 bits per heavy atom. The van der Waals surface area contributed by atoms with Gasteiger partial charge in [0.1, 0.15) is 13.2 Å². The van der Waals surface area contributed by atoms with Crippen LogP contribution < -0.4 is 29.0 Å². The molecule has 0 spiro atoms. The summed E-state index contributed by atoms with van der Waals surface area (Å²) in [6.07, 6.45) is 15.3. The Bertz CT molecular complexity index is 2430. The van der Waals surface area contributed by atoms with E-state index in [0.717, 1.165) is 110 Å². The van der Waals surface area contributed by atoms with Crippen molar-refractivity contribution in [1.82, 2.24) is 19.8 Å². The number of piperidine rings is 2. The molecule has 2 aliphatic heterocycles. The fourth-order valence-electron chi connectivity index (χ4n) is 8.68. The summed E-state index contributed by atoms with van der Waals surface area (Å²) in [6.45, 7) is 9.87. The van der Waals surface area contributed by atoms with Crippen LogP contribution in [0.25, 0.3) is 21.8 Å². The van der Waals surface area contributed by atoms with E-state index in [-0.39, 0.29) is 18.7 Å². The van der Waals surface area contributed by atoms with Gasteiger partial charge in [0.05, 0.1) is 61.1 Å². The SMILES string of the molecule is C#CCOc1cc(CN2CCC(N(c3cnc4ccccc4c3)N(c3cnc4ccccc4c3)C3CCN(Cc4ccc(OC)c(OCC=C)c4)CC3)CC2)ccc1OC. The maximum absolute atomic E-state index is 5.95. The summed E-state index contributed by atoms with van der Waals surface area (Å²) in [6, 6.07) is 34.3. The van der Waals surface area contributed by atoms with Crippen molar-refractivity contribution in [3.05, 3.63) is 133 Å². The molecule has 0 bridgehead atoms. The van der Waals surface area contributed by atoms with Crippen LogP contribution in [0.1, 0.15) is 36.8 Å².